The van der Waals surface area contributed by atoms with Crippen LogP contribution in [0.1, 0.15) is 24.1 Å². The highest BCUT2D eigenvalue weighted by Gasteiger charge is 2.43. The molecule has 1 aromatic heterocycles. The fraction of sp³-hybridized carbons (Fsp3) is 0.500. The summed E-state index contributed by atoms with van der Waals surface area (Å²) in [5, 5.41) is 4.33. The van der Waals surface area contributed by atoms with E-state index in [-0.39, 0.29) is 23.9 Å². The van der Waals surface area contributed by atoms with E-state index in [2.05, 4.69) is 16.9 Å². The van der Waals surface area contributed by atoms with Crippen molar-refractivity contribution in [2.45, 2.75) is 31.9 Å². The van der Waals surface area contributed by atoms with E-state index in [0.717, 1.165) is 38.2 Å². The fourth-order valence-electron chi connectivity index (χ4n) is 4.08. The number of likely N-dealkylation sites (tertiary alicyclic amines) is 1. The van der Waals surface area contributed by atoms with Crippen LogP contribution in [0.3, 0.4) is 0 Å². The van der Waals surface area contributed by atoms with Crippen molar-refractivity contribution in [3.63, 3.8) is 0 Å². The van der Waals surface area contributed by atoms with Gasteiger partial charge in [-0.3, -0.25) is 14.4 Å². The van der Waals surface area contributed by atoms with Gasteiger partial charge in [-0.15, -0.1) is 0 Å². The maximum Gasteiger partial charge on any atom is 0.253 e. The van der Waals surface area contributed by atoms with Crippen LogP contribution in [0.4, 0.5) is 10.1 Å². The van der Waals surface area contributed by atoms with E-state index < -0.39 is 0 Å². The smallest absolute Gasteiger partial charge is 0.253 e. The number of ether oxygens (including phenoxy) is 1. The molecule has 1 aromatic carbocycles. The number of hydrogen-bond donors (Lipinski definition) is 0. The second kappa shape index (κ2) is 7.05. The Morgan fingerprint density at radius 2 is 2.04 bits per heavy atom. The van der Waals surface area contributed by atoms with Crippen LogP contribution in [0.15, 0.2) is 30.5 Å². The van der Waals surface area contributed by atoms with Gasteiger partial charge < -0.3 is 9.64 Å². The van der Waals surface area contributed by atoms with Crippen molar-refractivity contribution in [3.05, 3.63) is 47.5 Å². The normalized spacial score (nSPS) is 24.0. The number of carbonyl (C=O) groups excluding carboxylic acids is 1. The fourth-order valence-corrected chi connectivity index (χ4v) is 4.08. The number of hydrogen-bond acceptors (Lipinski definition) is 4. The third kappa shape index (κ3) is 3.61. The molecule has 27 heavy (non-hydrogen) atoms. The topological polar surface area (TPSA) is 50.6 Å². The number of halogens is 1. The Kier molecular flexibility index (Phi) is 4.74. The zero-order chi connectivity index (χ0) is 19.0. The lowest BCUT2D eigenvalue weighted by molar-refractivity contribution is -0.146. The lowest BCUT2D eigenvalue weighted by Gasteiger charge is -2.47. The lowest BCUT2D eigenvalue weighted by Crippen LogP contribution is -2.61. The van der Waals surface area contributed by atoms with Crippen LogP contribution in [0, 0.1) is 12.7 Å². The Labute approximate surface area is 158 Å². The van der Waals surface area contributed by atoms with E-state index in [0.29, 0.717) is 6.54 Å². The molecule has 0 radical (unpaired) electrons. The van der Waals surface area contributed by atoms with E-state index in [1.807, 2.05) is 17.9 Å². The van der Waals surface area contributed by atoms with E-state index >= 15 is 0 Å². The standard InChI is InChI=1S/C20H25FN4O2/c1-15-16(10-22-23(15)2)11-24-9-3-8-20(13-24)14-25(19(26)12-27-20)18-6-4-17(21)5-7-18/h4-7,10H,3,8-9,11-14H2,1-2H3. The lowest BCUT2D eigenvalue weighted by atomic mass is 9.90. The summed E-state index contributed by atoms with van der Waals surface area (Å²) in [4.78, 5) is 16.5. The number of amides is 1. The second-order valence-electron chi connectivity index (χ2n) is 7.62. The molecule has 2 aliphatic rings. The van der Waals surface area contributed by atoms with E-state index in [9.17, 15) is 9.18 Å². The van der Waals surface area contributed by atoms with E-state index in [1.54, 1.807) is 17.0 Å². The second-order valence-corrected chi connectivity index (χ2v) is 7.62. The first-order valence-corrected chi connectivity index (χ1v) is 9.35. The molecular weight excluding hydrogens is 347 g/mol. The Morgan fingerprint density at radius 3 is 2.74 bits per heavy atom. The third-order valence-electron chi connectivity index (χ3n) is 5.74. The average Bonchev–Trinajstić information content (AvgIpc) is 2.97. The molecule has 1 spiro atoms. The van der Waals surface area contributed by atoms with Gasteiger partial charge in [0.05, 0.1) is 18.3 Å². The van der Waals surface area contributed by atoms with Crippen molar-refractivity contribution in [1.29, 1.82) is 0 Å². The minimum atomic E-state index is -0.378. The Bertz CT molecular complexity index is 835. The summed E-state index contributed by atoms with van der Waals surface area (Å²) in [6.07, 6.45) is 3.86. The van der Waals surface area contributed by atoms with Gasteiger partial charge in [-0.1, -0.05) is 0 Å². The van der Waals surface area contributed by atoms with Crippen molar-refractivity contribution < 1.29 is 13.9 Å². The van der Waals surface area contributed by atoms with Gasteiger partial charge in [-0.25, -0.2) is 4.39 Å². The van der Waals surface area contributed by atoms with Gasteiger partial charge in [0.15, 0.2) is 0 Å². The summed E-state index contributed by atoms with van der Waals surface area (Å²) in [7, 11) is 1.95. The number of rotatable bonds is 3. The monoisotopic (exact) mass is 372 g/mol. The summed E-state index contributed by atoms with van der Waals surface area (Å²) in [5.41, 5.74) is 2.74. The first-order valence-electron chi connectivity index (χ1n) is 9.35. The number of carbonyl (C=O) groups is 1. The average molecular weight is 372 g/mol. The molecule has 0 aliphatic carbocycles. The molecule has 7 heteroatoms. The van der Waals surface area contributed by atoms with Gasteiger partial charge in [0.1, 0.15) is 12.4 Å². The SMILES string of the molecule is Cc1c(CN2CCCC3(C2)CN(c2ccc(F)cc2)C(=O)CO3)cnn1C. The van der Waals surface area contributed by atoms with Crippen LogP contribution in [0.2, 0.25) is 0 Å². The zero-order valence-electron chi connectivity index (χ0n) is 15.8. The van der Waals surface area contributed by atoms with Crippen molar-refractivity contribution in [1.82, 2.24) is 14.7 Å². The molecule has 2 fully saturated rings. The number of benzene rings is 1. The first-order chi connectivity index (χ1) is 13.0. The molecule has 6 nitrogen and oxygen atoms in total. The van der Waals surface area contributed by atoms with Gasteiger partial charge >= 0.3 is 0 Å². The summed E-state index contributed by atoms with van der Waals surface area (Å²) in [5.74, 6) is -0.377. The van der Waals surface area contributed by atoms with Crippen molar-refractivity contribution in [2.24, 2.45) is 7.05 Å². The maximum atomic E-state index is 13.3. The van der Waals surface area contributed by atoms with Crippen LogP contribution in [-0.4, -0.2) is 52.4 Å². The highest BCUT2D eigenvalue weighted by molar-refractivity contribution is 5.95. The van der Waals surface area contributed by atoms with Crippen LogP contribution >= 0.6 is 0 Å². The molecule has 1 unspecified atom stereocenters. The summed E-state index contributed by atoms with van der Waals surface area (Å²) in [6.45, 7) is 5.25. The van der Waals surface area contributed by atoms with E-state index in [4.69, 9.17) is 4.74 Å². The van der Waals surface area contributed by atoms with Gasteiger partial charge in [0.2, 0.25) is 0 Å². The highest BCUT2D eigenvalue weighted by atomic mass is 19.1. The molecule has 0 saturated carbocycles. The molecule has 4 rings (SSSR count). The summed E-state index contributed by atoms with van der Waals surface area (Å²) >= 11 is 0. The van der Waals surface area contributed by atoms with Gasteiger partial charge in [0, 0.05) is 37.1 Å². The Hall–Kier alpha value is -2.25. The predicted octanol–water partition coefficient (Wildman–Crippen LogP) is 2.27. The molecule has 2 saturated heterocycles. The van der Waals surface area contributed by atoms with Crippen LogP contribution in [-0.2, 0) is 23.1 Å². The molecule has 1 amide bonds. The van der Waals surface area contributed by atoms with Gasteiger partial charge in [-0.2, -0.15) is 5.10 Å². The number of piperidine rings is 1. The number of morpholine rings is 1. The Balaban J connectivity index is 1.50. The molecule has 3 heterocycles. The molecule has 0 N–H and O–H groups in total. The Morgan fingerprint density at radius 1 is 1.26 bits per heavy atom. The highest BCUT2D eigenvalue weighted by Crippen LogP contribution is 2.32. The van der Waals surface area contributed by atoms with Gasteiger partial charge in [-0.05, 0) is 50.6 Å². The van der Waals surface area contributed by atoms with Crippen molar-refractivity contribution in [2.75, 3.05) is 31.1 Å². The zero-order valence-corrected chi connectivity index (χ0v) is 15.8. The van der Waals surface area contributed by atoms with Crippen molar-refractivity contribution in [3.8, 4) is 0 Å². The minimum absolute atomic E-state index is 0.0666. The van der Waals surface area contributed by atoms with Crippen LogP contribution < -0.4 is 4.90 Å². The largest absolute Gasteiger partial charge is 0.362 e. The molecule has 0 bridgehead atoms. The molecule has 2 aromatic rings. The molecule has 144 valence electrons. The molecule has 2 aliphatic heterocycles. The molecular formula is C20H25FN4O2. The van der Waals surface area contributed by atoms with Crippen LogP contribution in [0.5, 0.6) is 0 Å². The minimum Gasteiger partial charge on any atom is -0.362 e. The van der Waals surface area contributed by atoms with E-state index in [1.165, 1.54) is 23.4 Å². The van der Waals surface area contributed by atoms with Crippen LogP contribution in [0.25, 0.3) is 0 Å². The van der Waals surface area contributed by atoms with Crippen molar-refractivity contribution >= 4 is 11.6 Å². The summed E-state index contributed by atoms with van der Waals surface area (Å²) in [6, 6.07) is 6.10. The maximum absolute atomic E-state index is 13.3. The number of nitrogens with zero attached hydrogens (tertiary/aromatic N) is 4. The first kappa shape index (κ1) is 18.1. The predicted molar refractivity (Wildman–Crippen MR) is 99.9 cm³/mol. The number of aryl methyl sites for hydroxylation is 1. The third-order valence-corrected chi connectivity index (χ3v) is 5.74. The quantitative estimate of drug-likeness (QED) is 0.829. The number of anilines is 1. The molecule has 1 atom stereocenters. The van der Waals surface area contributed by atoms with Gasteiger partial charge in [0.25, 0.3) is 5.91 Å². The summed E-state index contributed by atoms with van der Waals surface area (Å²) < 4.78 is 21.2. The number of aromatic nitrogens is 2.